The lowest BCUT2D eigenvalue weighted by Crippen LogP contribution is -2.31. The summed E-state index contributed by atoms with van der Waals surface area (Å²) in [6, 6.07) is 16.1. The predicted molar refractivity (Wildman–Crippen MR) is 137 cm³/mol. The molecule has 0 saturated heterocycles. The Labute approximate surface area is 213 Å². The number of fused-ring (bicyclic) bond motifs is 1. The normalized spacial score (nSPS) is 14.5. The van der Waals surface area contributed by atoms with Gasteiger partial charge in [-0.3, -0.25) is 4.79 Å². The molecular weight excluding hydrogens is 475 g/mol. The van der Waals surface area contributed by atoms with Gasteiger partial charge in [-0.05, 0) is 67.9 Å². The van der Waals surface area contributed by atoms with E-state index in [1.165, 1.54) is 12.1 Å². The summed E-state index contributed by atoms with van der Waals surface area (Å²) in [5.74, 6) is 1.69. The van der Waals surface area contributed by atoms with E-state index < -0.39 is 6.04 Å². The summed E-state index contributed by atoms with van der Waals surface area (Å²) in [6.07, 6.45) is 1.61. The lowest BCUT2D eigenvalue weighted by Gasteiger charge is -2.29. The first-order chi connectivity index (χ1) is 18.0. The number of ether oxygens (including phenoxy) is 2. The second-order valence-corrected chi connectivity index (χ2v) is 8.29. The minimum atomic E-state index is -0.647. The number of nitrogens with zero attached hydrogens (tertiary/aromatic N) is 4. The van der Waals surface area contributed by atoms with Crippen molar-refractivity contribution in [3.8, 4) is 22.9 Å². The van der Waals surface area contributed by atoms with E-state index in [4.69, 9.17) is 14.6 Å². The number of aromatic nitrogens is 4. The molecule has 0 bridgehead atoms. The average Bonchev–Trinajstić information content (AvgIpc) is 3.32. The first-order valence-corrected chi connectivity index (χ1v) is 11.7. The first-order valence-electron chi connectivity index (χ1n) is 11.7. The molecule has 5 rings (SSSR count). The number of anilines is 2. The third kappa shape index (κ3) is 4.73. The molecule has 2 N–H and O–H groups in total. The fraction of sp³-hybridized carbons (Fsp3) is 0.185. The Morgan fingerprint density at radius 2 is 1.95 bits per heavy atom. The molecule has 0 fully saturated rings. The standard InChI is InChI=1S/C27H25FN6O3/c1-4-37-20-13-10-18(15-21(20)36-3)24-23(26(35)31-22-7-5-6-14-29-22)16(2)30-27-32-25(33-34(24)27)17-8-11-19(28)12-9-17/h5-15,24H,4H2,1-3H3,(H,29,31,35)(H,30,32,33). The van der Waals surface area contributed by atoms with Crippen molar-refractivity contribution in [2.75, 3.05) is 24.4 Å². The van der Waals surface area contributed by atoms with Crippen LogP contribution in [0.3, 0.4) is 0 Å². The summed E-state index contributed by atoms with van der Waals surface area (Å²) >= 11 is 0. The SMILES string of the molecule is CCOc1ccc(C2C(C(=O)Nc3ccccn3)=C(C)Nc3nc(-c4ccc(F)cc4)nn32)cc1OC. The molecule has 1 unspecified atom stereocenters. The van der Waals surface area contributed by atoms with Gasteiger partial charge in [0.2, 0.25) is 5.95 Å². The van der Waals surface area contributed by atoms with Gasteiger partial charge in [0.15, 0.2) is 17.3 Å². The predicted octanol–water partition coefficient (Wildman–Crippen LogP) is 4.81. The Kier molecular flexibility index (Phi) is 6.55. The molecule has 1 aliphatic heterocycles. The van der Waals surface area contributed by atoms with E-state index >= 15 is 0 Å². The van der Waals surface area contributed by atoms with Gasteiger partial charge >= 0.3 is 0 Å². The number of pyridine rings is 1. The zero-order valence-electron chi connectivity index (χ0n) is 20.5. The molecule has 0 saturated carbocycles. The molecule has 10 heteroatoms. The highest BCUT2D eigenvalue weighted by molar-refractivity contribution is 6.05. The van der Waals surface area contributed by atoms with Crippen molar-refractivity contribution in [3.05, 3.63) is 89.5 Å². The number of carbonyl (C=O) groups excluding carboxylic acids is 1. The van der Waals surface area contributed by atoms with Gasteiger partial charge in [-0.25, -0.2) is 14.1 Å². The van der Waals surface area contributed by atoms with Crippen LogP contribution in [0.5, 0.6) is 11.5 Å². The zero-order chi connectivity index (χ0) is 25.9. The van der Waals surface area contributed by atoms with Gasteiger partial charge in [-0.2, -0.15) is 4.98 Å². The largest absolute Gasteiger partial charge is 0.493 e. The molecule has 1 aliphatic rings. The van der Waals surface area contributed by atoms with Gasteiger partial charge in [0, 0.05) is 17.5 Å². The van der Waals surface area contributed by atoms with Crippen LogP contribution in [0.25, 0.3) is 11.4 Å². The molecule has 1 amide bonds. The summed E-state index contributed by atoms with van der Waals surface area (Å²) in [5.41, 5.74) is 2.42. The molecule has 0 aliphatic carbocycles. The Morgan fingerprint density at radius 3 is 2.65 bits per heavy atom. The number of rotatable bonds is 7. The third-order valence-electron chi connectivity index (χ3n) is 5.91. The van der Waals surface area contributed by atoms with Crippen LogP contribution in [0.1, 0.15) is 25.5 Å². The Bertz CT molecular complexity index is 1470. The molecule has 1 atom stereocenters. The van der Waals surface area contributed by atoms with Gasteiger partial charge in [-0.1, -0.05) is 12.1 Å². The van der Waals surface area contributed by atoms with Gasteiger partial charge in [0.05, 0.1) is 19.3 Å². The van der Waals surface area contributed by atoms with E-state index in [1.807, 2.05) is 26.0 Å². The fourth-order valence-electron chi connectivity index (χ4n) is 4.22. The number of methoxy groups -OCH3 is 1. The van der Waals surface area contributed by atoms with Crippen LogP contribution in [0, 0.1) is 5.82 Å². The number of benzene rings is 2. The quantitative estimate of drug-likeness (QED) is 0.375. The van der Waals surface area contributed by atoms with Crippen molar-refractivity contribution in [1.82, 2.24) is 19.7 Å². The molecule has 188 valence electrons. The fourth-order valence-corrected chi connectivity index (χ4v) is 4.22. The summed E-state index contributed by atoms with van der Waals surface area (Å²) in [6.45, 7) is 4.18. The Balaban J connectivity index is 1.62. The zero-order valence-corrected chi connectivity index (χ0v) is 20.5. The number of hydrogen-bond acceptors (Lipinski definition) is 7. The van der Waals surface area contributed by atoms with E-state index in [0.29, 0.717) is 52.5 Å². The molecule has 3 heterocycles. The Morgan fingerprint density at radius 1 is 1.14 bits per heavy atom. The lowest BCUT2D eigenvalue weighted by atomic mass is 9.94. The van der Waals surface area contributed by atoms with Crippen LogP contribution < -0.4 is 20.1 Å². The molecular formula is C27H25FN6O3. The number of amides is 1. The van der Waals surface area contributed by atoms with E-state index in [1.54, 1.807) is 54.4 Å². The lowest BCUT2D eigenvalue weighted by molar-refractivity contribution is -0.113. The number of allylic oxidation sites excluding steroid dienone is 1. The van der Waals surface area contributed by atoms with Crippen LogP contribution in [0.2, 0.25) is 0 Å². The minimum absolute atomic E-state index is 0.342. The average molecular weight is 501 g/mol. The topological polar surface area (TPSA) is 103 Å². The summed E-state index contributed by atoms with van der Waals surface area (Å²) in [4.78, 5) is 22.4. The van der Waals surface area contributed by atoms with E-state index in [-0.39, 0.29) is 11.7 Å². The van der Waals surface area contributed by atoms with Crippen molar-refractivity contribution < 1.29 is 18.7 Å². The summed E-state index contributed by atoms with van der Waals surface area (Å²) < 4.78 is 26.4. The maximum atomic E-state index is 13.6. The van der Waals surface area contributed by atoms with Crippen molar-refractivity contribution >= 4 is 17.7 Å². The van der Waals surface area contributed by atoms with Gasteiger partial charge < -0.3 is 20.1 Å². The van der Waals surface area contributed by atoms with Gasteiger partial charge in [0.25, 0.3) is 5.91 Å². The first kappa shape index (κ1) is 24.0. The van der Waals surface area contributed by atoms with Crippen molar-refractivity contribution in [2.45, 2.75) is 19.9 Å². The maximum absolute atomic E-state index is 13.6. The van der Waals surface area contributed by atoms with Crippen LogP contribution in [-0.2, 0) is 4.79 Å². The molecule has 2 aromatic heterocycles. The summed E-state index contributed by atoms with van der Waals surface area (Å²) in [5, 5.41) is 10.8. The van der Waals surface area contributed by atoms with Crippen molar-refractivity contribution in [1.29, 1.82) is 0 Å². The van der Waals surface area contributed by atoms with Crippen molar-refractivity contribution in [3.63, 3.8) is 0 Å². The minimum Gasteiger partial charge on any atom is -0.493 e. The summed E-state index contributed by atoms with van der Waals surface area (Å²) in [7, 11) is 1.56. The molecule has 9 nitrogen and oxygen atoms in total. The highest BCUT2D eigenvalue weighted by Crippen LogP contribution is 2.39. The highest BCUT2D eigenvalue weighted by atomic mass is 19.1. The monoisotopic (exact) mass is 500 g/mol. The highest BCUT2D eigenvalue weighted by Gasteiger charge is 2.35. The molecule has 0 spiro atoms. The van der Waals surface area contributed by atoms with E-state index in [2.05, 4.69) is 20.6 Å². The Hall–Kier alpha value is -4.73. The second-order valence-electron chi connectivity index (χ2n) is 8.29. The molecule has 0 radical (unpaired) electrons. The molecule has 4 aromatic rings. The van der Waals surface area contributed by atoms with E-state index in [0.717, 1.165) is 5.56 Å². The number of halogens is 1. The van der Waals surface area contributed by atoms with E-state index in [9.17, 15) is 9.18 Å². The van der Waals surface area contributed by atoms with Crippen LogP contribution in [0.4, 0.5) is 16.2 Å². The van der Waals surface area contributed by atoms with Crippen LogP contribution in [0.15, 0.2) is 78.1 Å². The molecule has 37 heavy (non-hydrogen) atoms. The second kappa shape index (κ2) is 10.1. The van der Waals surface area contributed by atoms with Crippen LogP contribution >= 0.6 is 0 Å². The van der Waals surface area contributed by atoms with Gasteiger partial charge in [-0.15, -0.1) is 5.10 Å². The van der Waals surface area contributed by atoms with Crippen molar-refractivity contribution in [2.24, 2.45) is 0 Å². The smallest absolute Gasteiger partial charge is 0.257 e. The maximum Gasteiger partial charge on any atom is 0.257 e. The number of nitrogens with one attached hydrogen (secondary N) is 2. The van der Waals surface area contributed by atoms with Gasteiger partial charge in [0.1, 0.15) is 17.7 Å². The molecule has 2 aromatic carbocycles. The van der Waals surface area contributed by atoms with Crippen LogP contribution in [-0.4, -0.2) is 39.4 Å². The third-order valence-corrected chi connectivity index (χ3v) is 5.91. The number of hydrogen-bond donors (Lipinski definition) is 2. The number of carbonyl (C=O) groups is 1.